The highest BCUT2D eigenvalue weighted by Crippen LogP contribution is 2.45. The molecule has 96 valence electrons. The lowest BCUT2D eigenvalue weighted by Crippen LogP contribution is -2.51. The summed E-state index contributed by atoms with van der Waals surface area (Å²) in [4.78, 5) is 25.0. The van der Waals surface area contributed by atoms with Gasteiger partial charge in [0.2, 0.25) is 0 Å². The van der Waals surface area contributed by atoms with Crippen molar-refractivity contribution in [1.29, 1.82) is 0 Å². The van der Waals surface area contributed by atoms with E-state index in [1.807, 2.05) is 0 Å². The first-order chi connectivity index (χ1) is 8.18. The largest absolute Gasteiger partial charge is 0.449 e. The van der Waals surface area contributed by atoms with Crippen LogP contribution in [0.3, 0.4) is 0 Å². The van der Waals surface area contributed by atoms with E-state index in [1.54, 1.807) is 4.90 Å². The zero-order valence-electron chi connectivity index (χ0n) is 10.5. The predicted molar refractivity (Wildman–Crippen MR) is 63.7 cm³/mol. The zero-order chi connectivity index (χ0) is 12.3. The molecular formula is C13H21NO3. The van der Waals surface area contributed by atoms with Crippen molar-refractivity contribution in [3.8, 4) is 0 Å². The molecule has 1 amide bonds. The Kier molecular flexibility index (Phi) is 3.69. The standard InChI is InChI=1S/C13H21NO3/c1-2-3-10-17-12(16)14-8-6-13(7-9-14)5-4-11(13)15/h2-10H2,1H3. The van der Waals surface area contributed by atoms with Crippen molar-refractivity contribution in [3.05, 3.63) is 0 Å². The van der Waals surface area contributed by atoms with Gasteiger partial charge in [-0.05, 0) is 25.7 Å². The smallest absolute Gasteiger partial charge is 0.409 e. The topological polar surface area (TPSA) is 46.6 Å². The molecule has 2 aliphatic rings. The summed E-state index contributed by atoms with van der Waals surface area (Å²) < 4.78 is 5.17. The van der Waals surface area contributed by atoms with E-state index in [9.17, 15) is 9.59 Å². The summed E-state index contributed by atoms with van der Waals surface area (Å²) in [5.41, 5.74) is -0.0692. The summed E-state index contributed by atoms with van der Waals surface area (Å²) in [6.07, 6.45) is 5.15. The van der Waals surface area contributed by atoms with E-state index in [1.165, 1.54) is 0 Å². The molecule has 17 heavy (non-hydrogen) atoms. The van der Waals surface area contributed by atoms with Crippen LogP contribution in [-0.4, -0.2) is 36.5 Å². The summed E-state index contributed by atoms with van der Waals surface area (Å²) in [5.74, 6) is 0.400. The van der Waals surface area contributed by atoms with Gasteiger partial charge in [0, 0.05) is 24.9 Å². The molecule has 0 N–H and O–H groups in total. The maximum atomic E-state index is 11.7. The first-order valence-corrected chi connectivity index (χ1v) is 6.63. The molecule has 1 heterocycles. The molecule has 1 aliphatic heterocycles. The van der Waals surface area contributed by atoms with Gasteiger partial charge in [-0.1, -0.05) is 13.3 Å². The number of unbranched alkanes of at least 4 members (excludes halogenated alkanes) is 1. The van der Waals surface area contributed by atoms with Crippen LogP contribution >= 0.6 is 0 Å². The van der Waals surface area contributed by atoms with Crippen LogP contribution in [0.5, 0.6) is 0 Å². The Morgan fingerprint density at radius 3 is 2.53 bits per heavy atom. The van der Waals surface area contributed by atoms with E-state index >= 15 is 0 Å². The Balaban J connectivity index is 1.75. The monoisotopic (exact) mass is 239 g/mol. The van der Waals surface area contributed by atoms with Crippen LogP contribution in [0.15, 0.2) is 0 Å². The Labute approximate surface area is 102 Å². The SMILES string of the molecule is CCCCOC(=O)N1CCC2(CCC2=O)CC1. The molecule has 0 bridgehead atoms. The van der Waals surface area contributed by atoms with Gasteiger partial charge in [-0.15, -0.1) is 0 Å². The van der Waals surface area contributed by atoms with Gasteiger partial charge in [0.1, 0.15) is 5.78 Å². The van der Waals surface area contributed by atoms with Crippen molar-refractivity contribution >= 4 is 11.9 Å². The van der Waals surface area contributed by atoms with Gasteiger partial charge in [-0.2, -0.15) is 0 Å². The molecule has 0 aromatic rings. The second kappa shape index (κ2) is 5.07. The van der Waals surface area contributed by atoms with Gasteiger partial charge in [0.25, 0.3) is 0 Å². The predicted octanol–water partition coefficient (Wildman–Crippen LogP) is 2.37. The summed E-state index contributed by atoms with van der Waals surface area (Å²) >= 11 is 0. The lowest BCUT2D eigenvalue weighted by Gasteiger charge is -2.45. The third-order valence-electron chi connectivity index (χ3n) is 4.12. The molecule has 2 rings (SSSR count). The van der Waals surface area contributed by atoms with E-state index in [0.717, 1.165) is 38.5 Å². The van der Waals surface area contributed by atoms with Crippen molar-refractivity contribution in [2.45, 2.75) is 45.4 Å². The van der Waals surface area contributed by atoms with Crippen molar-refractivity contribution in [3.63, 3.8) is 0 Å². The maximum absolute atomic E-state index is 11.7. The van der Waals surface area contributed by atoms with Crippen molar-refractivity contribution < 1.29 is 14.3 Å². The number of hydrogen-bond donors (Lipinski definition) is 0. The van der Waals surface area contributed by atoms with Crippen LogP contribution in [0, 0.1) is 5.41 Å². The molecule has 1 spiro atoms. The normalized spacial score (nSPS) is 22.4. The number of amides is 1. The number of hydrogen-bond acceptors (Lipinski definition) is 3. The fourth-order valence-electron chi connectivity index (χ4n) is 2.62. The summed E-state index contributed by atoms with van der Waals surface area (Å²) in [6, 6.07) is 0. The van der Waals surface area contributed by atoms with Crippen LogP contribution in [0.4, 0.5) is 4.79 Å². The minimum Gasteiger partial charge on any atom is -0.449 e. The van der Waals surface area contributed by atoms with E-state index < -0.39 is 0 Å². The van der Waals surface area contributed by atoms with Gasteiger partial charge in [-0.25, -0.2) is 4.79 Å². The minimum absolute atomic E-state index is 0.0692. The van der Waals surface area contributed by atoms with Gasteiger partial charge >= 0.3 is 6.09 Å². The zero-order valence-corrected chi connectivity index (χ0v) is 10.5. The minimum atomic E-state index is -0.208. The number of ketones is 1. The molecule has 1 saturated carbocycles. The maximum Gasteiger partial charge on any atom is 0.409 e. The number of rotatable bonds is 3. The third-order valence-corrected chi connectivity index (χ3v) is 4.12. The van der Waals surface area contributed by atoms with Gasteiger partial charge in [0.05, 0.1) is 6.61 Å². The van der Waals surface area contributed by atoms with Crippen LogP contribution in [0.2, 0.25) is 0 Å². The number of likely N-dealkylation sites (tertiary alicyclic amines) is 1. The number of ether oxygens (including phenoxy) is 1. The van der Waals surface area contributed by atoms with E-state index in [4.69, 9.17) is 4.74 Å². The molecule has 0 unspecified atom stereocenters. The highest BCUT2D eigenvalue weighted by atomic mass is 16.6. The lowest BCUT2D eigenvalue weighted by atomic mass is 9.62. The third kappa shape index (κ3) is 2.45. The number of carbonyl (C=O) groups excluding carboxylic acids is 2. The first-order valence-electron chi connectivity index (χ1n) is 6.63. The summed E-state index contributed by atoms with van der Waals surface area (Å²) in [7, 11) is 0. The first kappa shape index (κ1) is 12.4. The van der Waals surface area contributed by atoms with E-state index in [2.05, 4.69) is 6.92 Å². The molecule has 0 aromatic heterocycles. The second-order valence-corrected chi connectivity index (χ2v) is 5.16. The number of Topliss-reactive ketones (excluding diaryl/α,β-unsaturated/α-hetero) is 1. The molecule has 0 radical (unpaired) electrons. The molecule has 4 nitrogen and oxygen atoms in total. The fraction of sp³-hybridized carbons (Fsp3) is 0.846. The van der Waals surface area contributed by atoms with E-state index in [-0.39, 0.29) is 11.5 Å². The van der Waals surface area contributed by atoms with Crippen LogP contribution in [-0.2, 0) is 9.53 Å². The second-order valence-electron chi connectivity index (χ2n) is 5.16. The fourth-order valence-corrected chi connectivity index (χ4v) is 2.62. The molecule has 2 fully saturated rings. The van der Waals surface area contributed by atoms with Crippen LogP contribution in [0.1, 0.15) is 45.4 Å². The number of carbonyl (C=O) groups is 2. The van der Waals surface area contributed by atoms with Crippen LogP contribution < -0.4 is 0 Å². The summed E-state index contributed by atoms with van der Waals surface area (Å²) in [6.45, 7) is 3.93. The average molecular weight is 239 g/mol. The molecule has 0 aromatic carbocycles. The van der Waals surface area contributed by atoms with E-state index in [0.29, 0.717) is 25.5 Å². The number of piperidine rings is 1. The van der Waals surface area contributed by atoms with Gasteiger partial charge in [0.15, 0.2) is 0 Å². The molecule has 4 heteroatoms. The average Bonchev–Trinajstić information content (AvgIpc) is 2.37. The Hall–Kier alpha value is -1.06. The molecule has 1 saturated heterocycles. The van der Waals surface area contributed by atoms with Crippen molar-refractivity contribution in [1.82, 2.24) is 4.90 Å². The van der Waals surface area contributed by atoms with Crippen molar-refractivity contribution in [2.75, 3.05) is 19.7 Å². The summed E-state index contributed by atoms with van der Waals surface area (Å²) in [5, 5.41) is 0. The number of nitrogens with zero attached hydrogens (tertiary/aromatic N) is 1. The molecular weight excluding hydrogens is 218 g/mol. The Morgan fingerprint density at radius 1 is 1.35 bits per heavy atom. The highest BCUT2D eigenvalue weighted by molar-refractivity contribution is 5.90. The Bertz CT molecular complexity index is 306. The van der Waals surface area contributed by atoms with Crippen LogP contribution in [0.25, 0.3) is 0 Å². The molecule has 1 aliphatic carbocycles. The van der Waals surface area contributed by atoms with Gasteiger partial charge < -0.3 is 9.64 Å². The van der Waals surface area contributed by atoms with Gasteiger partial charge in [-0.3, -0.25) is 4.79 Å². The molecule has 0 atom stereocenters. The van der Waals surface area contributed by atoms with Crippen molar-refractivity contribution in [2.24, 2.45) is 5.41 Å². The highest BCUT2D eigenvalue weighted by Gasteiger charge is 2.47. The Morgan fingerprint density at radius 2 is 2.06 bits per heavy atom. The lowest BCUT2D eigenvalue weighted by molar-refractivity contribution is -0.141. The quantitative estimate of drug-likeness (QED) is 0.710.